The van der Waals surface area contributed by atoms with E-state index in [1.54, 1.807) is 21.6 Å². The van der Waals surface area contributed by atoms with Gasteiger partial charge in [-0.25, -0.2) is 4.98 Å². The highest BCUT2D eigenvalue weighted by molar-refractivity contribution is 8.76. The Bertz CT molecular complexity index is 1200. The van der Waals surface area contributed by atoms with Crippen LogP contribution in [0.2, 0.25) is 0 Å². The molecule has 1 aromatic heterocycles. The van der Waals surface area contributed by atoms with Crippen LogP contribution in [-0.4, -0.2) is 10.9 Å². The molecule has 1 N–H and O–H groups in total. The topological polar surface area (TPSA) is 42.0 Å². The van der Waals surface area contributed by atoms with Gasteiger partial charge in [-0.2, -0.15) is 0 Å². The summed E-state index contributed by atoms with van der Waals surface area (Å²) in [6, 6.07) is 22.3. The summed E-state index contributed by atoms with van der Waals surface area (Å²) < 4.78 is 1.08. The number of benzene rings is 3. The third kappa shape index (κ3) is 4.72. The summed E-state index contributed by atoms with van der Waals surface area (Å²) in [5, 5.41) is 3.60. The molecule has 0 bridgehead atoms. The van der Waals surface area contributed by atoms with Crippen LogP contribution in [0.1, 0.15) is 41.3 Å². The molecule has 0 radical (unpaired) electrons. The van der Waals surface area contributed by atoms with Crippen LogP contribution >= 0.6 is 32.9 Å². The van der Waals surface area contributed by atoms with E-state index in [9.17, 15) is 4.79 Å². The molecular formula is C24H22N2OS3. The van der Waals surface area contributed by atoms with E-state index in [2.05, 4.69) is 61.4 Å². The van der Waals surface area contributed by atoms with Crippen molar-refractivity contribution in [1.82, 2.24) is 4.98 Å². The number of amides is 1. The summed E-state index contributed by atoms with van der Waals surface area (Å²) in [6.07, 6.45) is 0. The largest absolute Gasteiger partial charge is 0.298 e. The maximum atomic E-state index is 13.0. The van der Waals surface area contributed by atoms with Crippen molar-refractivity contribution in [2.75, 3.05) is 5.32 Å². The summed E-state index contributed by atoms with van der Waals surface area (Å²) in [4.78, 5) is 19.7. The van der Waals surface area contributed by atoms with E-state index in [4.69, 9.17) is 0 Å². The lowest BCUT2D eigenvalue weighted by molar-refractivity contribution is 0.102. The number of anilines is 1. The molecule has 3 nitrogen and oxygen atoms in total. The van der Waals surface area contributed by atoms with E-state index in [0.717, 1.165) is 15.1 Å². The zero-order valence-electron chi connectivity index (χ0n) is 17.0. The number of thiazole rings is 1. The van der Waals surface area contributed by atoms with Gasteiger partial charge in [-0.05, 0) is 54.3 Å². The second-order valence-electron chi connectivity index (χ2n) is 7.30. The van der Waals surface area contributed by atoms with Gasteiger partial charge in [0.15, 0.2) is 5.13 Å². The van der Waals surface area contributed by atoms with Crippen molar-refractivity contribution in [3.8, 4) is 0 Å². The highest BCUT2D eigenvalue weighted by atomic mass is 33.1. The number of aromatic nitrogens is 1. The quantitative estimate of drug-likeness (QED) is 0.305. The van der Waals surface area contributed by atoms with E-state index in [1.165, 1.54) is 27.4 Å². The number of aryl methyl sites for hydroxylation is 1. The van der Waals surface area contributed by atoms with Gasteiger partial charge in [-0.15, -0.1) is 0 Å². The number of rotatable bonds is 6. The second-order valence-corrected chi connectivity index (χ2v) is 10.5. The molecule has 0 saturated heterocycles. The second kappa shape index (κ2) is 9.25. The van der Waals surface area contributed by atoms with Gasteiger partial charge in [-0.1, -0.05) is 83.2 Å². The molecule has 0 spiro atoms. The first-order chi connectivity index (χ1) is 14.5. The maximum absolute atomic E-state index is 13.0. The molecule has 0 aliphatic heterocycles. The molecule has 4 rings (SSSR count). The predicted octanol–water partition coefficient (Wildman–Crippen LogP) is 7.78. The first-order valence-corrected chi connectivity index (χ1v) is 12.7. The van der Waals surface area contributed by atoms with Crippen molar-refractivity contribution < 1.29 is 4.79 Å². The standard InChI is InChI=1S/C24H22N2OS3/c1-15(2)17-8-4-6-10-20(17)29-30-21-11-7-5-9-18(21)23(27)26-24-25-19-13-12-16(3)14-22(19)28-24/h4-15H,1-3H3,(H,25,26,27). The van der Waals surface area contributed by atoms with Gasteiger partial charge >= 0.3 is 0 Å². The lowest BCUT2D eigenvalue weighted by atomic mass is 10.0. The molecule has 4 aromatic rings. The third-order valence-electron chi connectivity index (χ3n) is 4.66. The SMILES string of the molecule is Cc1ccc2nc(NC(=O)c3ccccc3SSc3ccccc3C(C)C)sc2c1. The molecule has 30 heavy (non-hydrogen) atoms. The van der Waals surface area contributed by atoms with Gasteiger partial charge in [0.1, 0.15) is 0 Å². The molecule has 152 valence electrons. The molecule has 1 amide bonds. The van der Waals surface area contributed by atoms with Crippen molar-refractivity contribution in [1.29, 1.82) is 0 Å². The van der Waals surface area contributed by atoms with Gasteiger partial charge in [0.05, 0.1) is 15.8 Å². The van der Waals surface area contributed by atoms with E-state index in [0.29, 0.717) is 16.6 Å². The summed E-state index contributed by atoms with van der Waals surface area (Å²) >= 11 is 1.50. The Morgan fingerprint density at radius 3 is 2.47 bits per heavy atom. The first kappa shape index (κ1) is 21.0. The van der Waals surface area contributed by atoms with Crippen LogP contribution in [0, 0.1) is 6.92 Å². The summed E-state index contributed by atoms with van der Waals surface area (Å²) in [6.45, 7) is 6.45. The minimum Gasteiger partial charge on any atom is -0.298 e. The zero-order chi connectivity index (χ0) is 21.1. The van der Waals surface area contributed by atoms with Crippen LogP contribution in [-0.2, 0) is 0 Å². The fraction of sp³-hybridized carbons (Fsp3) is 0.167. The number of nitrogens with zero attached hydrogens (tertiary/aromatic N) is 1. The lowest BCUT2D eigenvalue weighted by Gasteiger charge is -2.12. The third-order valence-corrected chi connectivity index (χ3v) is 8.09. The van der Waals surface area contributed by atoms with Crippen LogP contribution in [0.5, 0.6) is 0 Å². The highest BCUT2D eigenvalue weighted by Gasteiger charge is 2.15. The van der Waals surface area contributed by atoms with E-state index < -0.39 is 0 Å². The fourth-order valence-electron chi connectivity index (χ4n) is 3.10. The Kier molecular flexibility index (Phi) is 6.46. The molecular weight excluding hydrogens is 428 g/mol. The first-order valence-electron chi connectivity index (χ1n) is 9.72. The molecule has 1 heterocycles. The van der Waals surface area contributed by atoms with Crippen molar-refractivity contribution >= 4 is 54.2 Å². The number of carbonyl (C=O) groups excluding carboxylic acids is 1. The number of carbonyl (C=O) groups is 1. The molecule has 0 aliphatic carbocycles. The van der Waals surface area contributed by atoms with Gasteiger partial charge in [-0.3, -0.25) is 10.1 Å². The highest BCUT2D eigenvalue weighted by Crippen LogP contribution is 2.42. The van der Waals surface area contributed by atoms with Crippen LogP contribution in [0.3, 0.4) is 0 Å². The number of nitrogens with one attached hydrogen (secondary N) is 1. The monoisotopic (exact) mass is 450 g/mol. The molecule has 0 aliphatic rings. The zero-order valence-corrected chi connectivity index (χ0v) is 19.5. The predicted molar refractivity (Wildman–Crippen MR) is 131 cm³/mol. The van der Waals surface area contributed by atoms with Crippen LogP contribution < -0.4 is 5.32 Å². The Balaban J connectivity index is 1.53. The van der Waals surface area contributed by atoms with Crippen LogP contribution in [0.4, 0.5) is 5.13 Å². The number of hydrogen-bond donors (Lipinski definition) is 1. The van der Waals surface area contributed by atoms with Crippen molar-refractivity contribution in [3.05, 3.63) is 83.4 Å². The summed E-state index contributed by atoms with van der Waals surface area (Å²) in [7, 11) is 3.31. The Morgan fingerprint density at radius 2 is 1.67 bits per heavy atom. The molecule has 0 fully saturated rings. The van der Waals surface area contributed by atoms with Crippen molar-refractivity contribution in [2.45, 2.75) is 36.5 Å². The molecule has 0 saturated carbocycles. The summed E-state index contributed by atoms with van der Waals surface area (Å²) in [5.41, 5.74) is 4.07. The number of hydrogen-bond acceptors (Lipinski definition) is 5. The lowest BCUT2D eigenvalue weighted by Crippen LogP contribution is -2.12. The minimum absolute atomic E-state index is 0.133. The molecule has 0 unspecified atom stereocenters. The van der Waals surface area contributed by atoms with Gasteiger partial charge in [0, 0.05) is 9.79 Å². The molecule has 6 heteroatoms. The summed E-state index contributed by atoms with van der Waals surface area (Å²) in [5.74, 6) is 0.321. The fourth-order valence-corrected chi connectivity index (χ4v) is 6.59. The molecule has 3 aromatic carbocycles. The van der Waals surface area contributed by atoms with Crippen LogP contribution in [0.25, 0.3) is 10.2 Å². The van der Waals surface area contributed by atoms with E-state index in [-0.39, 0.29) is 5.91 Å². The van der Waals surface area contributed by atoms with Gasteiger partial charge in [0.25, 0.3) is 5.91 Å². The van der Waals surface area contributed by atoms with E-state index in [1.807, 2.05) is 36.4 Å². The Hall–Kier alpha value is -2.28. The average Bonchev–Trinajstić information content (AvgIpc) is 3.13. The normalized spacial score (nSPS) is 11.2. The maximum Gasteiger partial charge on any atom is 0.258 e. The van der Waals surface area contributed by atoms with Crippen molar-refractivity contribution in [2.24, 2.45) is 0 Å². The van der Waals surface area contributed by atoms with E-state index >= 15 is 0 Å². The van der Waals surface area contributed by atoms with Crippen LogP contribution in [0.15, 0.2) is 76.5 Å². The Labute approximate surface area is 188 Å². The number of fused-ring (bicyclic) bond motifs is 1. The van der Waals surface area contributed by atoms with Gasteiger partial charge in [0.2, 0.25) is 0 Å². The molecule has 0 atom stereocenters. The van der Waals surface area contributed by atoms with Crippen molar-refractivity contribution in [3.63, 3.8) is 0 Å². The smallest absolute Gasteiger partial charge is 0.258 e. The minimum atomic E-state index is -0.133. The Morgan fingerprint density at radius 1 is 0.967 bits per heavy atom. The average molecular weight is 451 g/mol. The van der Waals surface area contributed by atoms with Gasteiger partial charge < -0.3 is 0 Å².